The van der Waals surface area contributed by atoms with Gasteiger partial charge in [0, 0.05) is 0 Å². The Labute approximate surface area is 191 Å². The number of hydrogen-bond acceptors (Lipinski definition) is 3. The third-order valence-electron chi connectivity index (χ3n) is 5.03. The Morgan fingerprint density at radius 3 is 0.969 bits per heavy atom. The number of benzene rings is 4. The first-order chi connectivity index (χ1) is 15.8. The van der Waals surface area contributed by atoms with Crippen molar-refractivity contribution in [2.75, 3.05) is 0 Å². The summed E-state index contributed by atoms with van der Waals surface area (Å²) in [5.41, 5.74) is 4.42. The van der Waals surface area contributed by atoms with Gasteiger partial charge in [-0.05, 0) is 22.3 Å². The van der Waals surface area contributed by atoms with Crippen LogP contribution in [0.15, 0.2) is 121 Å². The Balaban J connectivity index is 1.59. The van der Waals surface area contributed by atoms with Gasteiger partial charge in [0.15, 0.2) is 6.16 Å². The highest BCUT2D eigenvalue weighted by molar-refractivity contribution is 7.60. The van der Waals surface area contributed by atoms with Gasteiger partial charge in [-0.25, -0.2) is 0 Å². The summed E-state index contributed by atoms with van der Waals surface area (Å²) in [5.74, 6) is 0. The molecule has 0 heterocycles. The summed E-state index contributed by atoms with van der Waals surface area (Å²) < 4.78 is 19.6. The molecule has 4 rings (SSSR count). The second-order valence-electron chi connectivity index (χ2n) is 7.53. The summed E-state index contributed by atoms with van der Waals surface area (Å²) in [6, 6.07) is 40.8. The molecule has 0 spiro atoms. The monoisotopic (exact) mass is 443 g/mol. The van der Waals surface area contributed by atoms with Gasteiger partial charge in [0.2, 0.25) is 0 Å². The molecule has 4 aromatic rings. The van der Waals surface area contributed by atoms with Gasteiger partial charge in [-0.1, -0.05) is 121 Å². The standard InChI is InChI=1S/C28H28O3P/c1-5-13-25(14-6-1)21-29-32(24-28-19-11-4-12-20-28,30-22-26-15-7-2-8-16-26)31-23-27-17-9-3-10-18-27/h1-20H,21-24H2/q+1. The Morgan fingerprint density at radius 2 is 0.656 bits per heavy atom. The molecular formula is C28H28O3P+. The predicted octanol–water partition coefficient (Wildman–Crippen LogP) is 7.60. The molecule has 32 heavy (non-hydrogen) atoms. The van der Waals surface area contributed by atoms with Crippen molar-refractivity contribution in [3.05, 3.63) is 144 Å². The van der Waals surface area contributed by atoms with E-state index < -0.39 is 7.94 Å². The van der Waals surface area contributed by atoms with Crippen LogP contribution in [0.25, 0.3) is 0 Å². The van der Waals surface area contributed by atoms with Gasteiger partial charge in [-0.3, -0.25) is 0 Å². The minimum atomic E-state index is -2.71. The first-order valence-electron chi connectivity index (χ1n) is 10.8. The van der Waals surface area contributed by atoms with E-state index in [0.717, 1.165) is 22.3 Å². The molecule has 0 bridgehead atoms. The summed E-state index contributed by atoms with van der Waals surface area (Å²) >= 11 is 0. The summed E-state index contributed by atoms with van der Waals surface area (Å²) in [7, 11) is -2.71. The zero-order chi connectivity index (χ0) is 21.9. The van der Waals surface area contributed by atoms with Crippen LogP contribution in [0.4, 0.5) is 0 Å². The van der Waals surface area contributed by atoms with Gasteiger partial charge in [-0.15, -0.1) is 0 Å². The van der Waals surface area contributed by atoms with E-state index in [1.165, 1.54) is 0 Å². The Morgan fingerprint density at radius 1 is 0.375 bits per heavy atom. The smallest absolute Gasteiger partial charge is 0.173 e. The lowest BCUT2D eigenvalue weighted by Crippen LogP contribution is -2.11. The second kappa shape index (κ2) is 11.7. The second-order valence-corrected chi connectivity index (χ2v) is 9.84. The van der Waals surface area contributed by atoms with Crippen molar-refractivity contribution in [3.63, 3.8) is 0 Å². The molecule has 0 radical (unpaired) electrons. The Hall–Kier alpha value is -2.81. The van der Waals surface area contributed by atoms with E-state index in [1.54, 1.807) is 0 Å². The average Bonchev–Trinajstić information content (AvgIpc) is 2.87. The van der Waals surface area contributed by atoms with Crippen LogP contribution in [0, 0.1) is 0 Å². The summed E-state index contributed by atoms with van der Waals surface area (Å²) in [6.45, 7) is 1.31. The molecule has 0 aromatic heterocycles. The fraction of sp³-hybridized carbons (Fsp3) is 0.143. The molecule has 162 valence electrons. The Bertz CT molecular complexity index is 935. The van der Waals surface area contributed by atoms with Crippen LogP contribution in [0.1, 0.15) is 22.3 Å². The molecule has 0 saturated carbocycles. The molecular weight excluding hydrogens is 415 g/mol. The van der Waals surface area contributed by atoms with E-state index in [-0.39, 0.29) is 0 Å². The van der Waals surface area contributed by atoms with Crippen LogP contribution in [0.5, 0.6) is 0 Å². The van der Waals surface area contributed by atoms with Gasteiger partial charge >= 0.3 is 7.94 Å². The average molecular weight is 444 g/mol. The van der Waals surface area contributed by atoms with Crippen LogP contribution < -0.4 is 0 Å². The molecule has 0 unspecified atom stereocenters. The predicted molar refractivity (Wildman–Crippen MR) is 131 cm³/mol. The summed E-state index contributed by atoms with van der Waals surface area (Å²) in [6.07, 6.45) is 0.584. The molecule has 0 aliphatic rings. The summed E-state index contributed by atoms with van der Waals surface area (Å²) in [5, 5.41) is 0. The van der Waals surface area contributed by atoms with E-state index in [4.69, 9.17) is 13.6 Å². The van der Waals surface area contributed by atoms with Crippen LogP contribution in [0.2, 0.25) is 0 Å². The van der Waals surface area contributed by atoms with E-state index in [1.807, 2.05) is 72.8 Å². The molecule has 0 saturated heterocycles. The molecule has 0 aliphatic carbocycles. The van der Waals surface area contributed by atoms with E-state index in [0.29, 0.717) is 26.0 Å². The lowest BCUT2D eigenvalue weighted by atomic mass is 10.2. The minimum absolute atomic E-state index is 0.436. The minimum Gasteiger partial charge on any atom is -0.173 e. The third kappa shape index (κ3) is 6.85. The van der Waals surface area contributed by atoms with Crippen LogP contribution in [0.3, 0.4) is 0 Å². The molecule has 0 atom stereocenters. The van der Waals surface area contributed by atoms with Crippen molar-refractivity contribution < 1.29 is 13.6 Å². The lowest BCUT2D eigenvalue weighted by molar-refractivity contribution is 0.118. The fourth-order valence-corrected chi connectivity index (χ4v) is 5.49. The van der Waals surface area contributed by atoms with Crippen molar-refractivity contribution in [1.29, 1.82) is 0 Å². The number of rotatable bonds is 11. The molecule has 0 aliphatic heterocycles. The van der Waals surface area contributed by atoms with E-state index >= 15 is 0 Å². The van der Waals surface area contributed by atoms with E-state index in [9.17, 15) is 0 Å². The van der Waals surface area contributed by atoms with Gasteiger partial charge < -0.3 is 0 Å². The maximum absolute atomic E-state index is 6.53. The quantitative estimate of drug-likeness (QED) is 0.223. The molecule has 0 amide bonds. The molecule has 4 aromatic carbocycles. The van der Waals surface area contributed by atoms with Gasteiger partial charge in [0.25, 0.3) is 0 Å². The highest BCUT2D eigenvalue weighted by Gasteiger charge is 2.46. The van der Waals surface area contributed by atoms with E-state index in [2.05, 4.69) is 48.5 Å². The van der Waals surface area contributed by atoms with Crippen molar-refractivity contribution in [2.24, 2.45) is 0 Å². The van der Waals surface area contributed by atoms with Crippen molar-refractivity contribution in [1.82, 2.24) is 0 Å². The van der Waals surface area contributed by atoms with Gasteiger partial charge in [0.05, 0.1) is 0 Å². The maximum Gasteiger partial charge on any atom is 0.417 e. The highest BCUT2D eigenvalue weighted by atomic mass is 31.2. The van der Waals surface area contributed by atoms with Crippen LogP contribution in [-0.4, -0.2) is 0 Å². The van der Waals surface area contributed by atoms with Crippen LogP contribution in [-0.2, 0) is 39.6 Å². The topological polar surface area (TPSA) is 27.7 Å². The fourth-order valence-electron chi connectivity index (χ4n) is 3.30. The van der Waals surface area contributed by atoms with Crippen LogP contribution >= 0.6 is 7.94 Å². The lowest BCUT2D eigenvalue weighted by Gasteiger charge is -2.23. The first kappa shape index (κ1) is 22.4. The maximum atomic E-state index is 6.53. The Kier molecular flexibility index (Phi) is 8.19. The SMILES string of the molecule is c1ccc(CO[P+](Cc2ccccc2)(OCc2ccccc2)OCc2ccccc2)cc1. The highest BCUT2D eigenvalue weighted by Crippen LogP contribution is 2.66. The van der Waals surface area contributed by atoms with Crippen molar-refractivity contribution in [2.45, 2.75) is 26.0 Å². The zero-order valence-corrected chi connectivity index (χ0v) is 18.9. The molecule has 3 nitrogen and oxygen atoms in total. The number of hydrogen-bond donors (Lipinski definition) is 0. The van der Waals surface area contributed by atoms with Gasteiger partial charge in [0.1, 0.15) is 19.8 Å². The molecule has 4 heteroatoms. The zero-order valence-electron chi connectivity index (χ0n) is 18.0. The largest absolute Gasteiger partial charge is 0.417 e. The summed E-state index contributed by atoms with van der Waals surface area (Å²) in [4.78, 5) is 0. The normalized spacial score (nSPS) is 11.4. The van der Waals surface area contributed by atoms with Crippen molar-refractivity contribution >= 4 is 7.94 Å². The third-order valence-corrected chi connectivity index (χ3v) is 7.35. The van der Waals surface area contributed by atoms with Gasteiger partial charge in [-0.2, -0.15) is 13.6 Å². The molecule has 0 N–H and O–H groups in total. The first-order valence-corrected chi connectivity index (χ1v) is 12.5. The molecule has 0 fully saturated rings. The van der Waals surface area contributed by atoms with Crippen molar-refractivity contribution in [3.8, 4) is 0 Å².